The number of hydrogen-bond acceptors (Lipinski definition) is 2. The van der Waals surface area contributed by atoms with E-state index >= 15 is 0 Å². The van der Waals surface area contributed by atoms with Crippen molar-refractivity contribution >= 4 is 5.78 Å². The fourth-order valence-electron chi connectivity index (χ4n) is 2.58. The molecule has 0 saturated carbocycles. The Morgan fingerprint density at radius 2 is 1.78 bits per heavy atom. The van der Waals surface area contributed by atoms with Crippen molar-refractivity contribution < 1.29 is 4.79 Å². The van der Waals surface area contributed by atoms with E-state index in [2.05, 4.69) is 23.1 Å². The van der Waals surface area contributed by atoms with Gasteiger partial charge in [-0.1, -0.05) is 37.6 Å². The summed E-state index contributed by atoms with van der Waals surface area (Å²) in [4.78, 5) is 14.1. The zero-order chi connectivity index (χ0) is 12.8. The first kappa shape index (κ1) is 13.3. The van der Waals surface area contributed by atoms with Crippen molar-refractivity contribution in [3.8, 4) is 0 Å². The number of Topliss-reactive ketones (excluding diaryl/α,β-unsaturated/α-hetero) is 1. The lowest BCUT2D eigenvalue weighted by Gasteiger charge is -2.27. The van der Waals surface area contributed by atoms with E-state index in [1.807, 2.05) is 13.0 Å². The minimum Gasteiger partial charge on any atom is -0.299 e. The van der Waals surface area contributed by atoms with E-state index in [1.54, 1.807) is 0 Å². The lowest BCUT2D eigenvalue weighted by molar-refractivity contribution is -0.118. The van der Waals surface area contributed by atoms with Crippen molar-refractivity contribution in [2.24, 2.45) is 0 Å². The zero-order valence-corrected chi connectivity index (χ0v) is 11.3. The number of ketones is 1. The van der Waals surface area contributed by atoms with Crippen LogP contribution in [-0.2, 0) is 17.8 Å². The molecule has 1 heterocycles. The number of carbonyl (C=O) groups excluding carboxylic acids is 1. The van der Waals surface area contributed by atoms with Crippen molar-refractivity contribution in [1.29, 1.82) is 0 Å². The quantitative estimate of drug-likeness (QED) is 0.794. The number of hydrogen-bond donors (Lipinski definition) is 0. The van der Waals surface area contributed by atoms with E-state index in [1.165, 1.54) is 43.5 Å². The van der Waals surface area contributed by atoms with Crippen LogP contribution >= 0.6 is 0 Å². The van der Waals surface area contributed by atoms with E-state index in [0.717, 1.165) is 6.54 Å². The van der Waals surface area contributed by atoms with Crippen LogP contribution in [0, 0.1) is 0 Å². The molecule has 0 atom stereocenters. The maximum atomic E-state index is 11.6. The van der Waals surface area contributed by atoms with Crippen LogP contribution in [0.15, 0.2) is 24.3 Å². The molecule has 0 amide bonds. The molecule has 0 N–H and O–H groups in total. The number of benzene rings is 1. The number of rotatable bonds is 5. The van der Waals surface area contributed by atoms with Crippen LogP contribution in [0.5, 0.6) is 0 Å². The summed E-state index contributed by atoms with van der Waals surface area (Å²) in [5.41, 5.74) is 2.55. The monoisotopic (exact) mass is 245 g/mol. The van der Waals surface area contributed by atoms with Gasteiger partial charge in [0, 0.05) is 19.4 Å². The first-order valence-corrected chi connectivity index (χ1v) is 7.10. The Balaban J connectivity index is 2.04. The Labute approximate surface area is 110 Å². The highest BCUT2D eigenvalue weighted by atomic mass is 16.1. The second-order valence-corrected chi connectivity index (χ2v) is 5.17. The van der Waals surface area contributed by atoms with E-state index in [0.29, 0.717) is 18.6 Å². The fraction of sp³-hybridized carbons (Fsp3) is 0.562. The third-order valence-electron chi connectivity index (χ3n) is 3.74. The number of likely N-dealkylation sites (tertiary alicyclic amines) is 1. The summed E-state index contributed by atoms with van der Waals surface area (Å²) < 4.78 is 0. The van der Waals surface area contributed by atoms with Crippen molar-refractivity contribution in [2.45, 2.75) is 45.6 Å². The van der Waals surface area contributed by atoms with Gasteiger partial charge in [-0.05, 0) is 37.1 Å². The van der Waals surface area contributed by atoms with Gasteiger partial charge in [-0.15, -0.1) is 0 Å². The van der Waals surface area contributed by atoms with E-state index in [4.69, 9.17) is 0 Å². The zero-order valence-electron chi connectivity index (χ0n) is 11.3. The molecule has 1 aromatic rings. The number of nitrogens with zero attached hydrogens (tertiary/aromatic N) is 1. The SMILES string of the molecule is CCC(=O)Cc1ccccc1CN1CCCCC1. The molecule has 0 unspecified atom stereocenters. The van der Waals surface area contributed by atoms with Gasteiger partial charge < -0.3 is 0 Å². The summed E-state index contributed by atoms with van der Waals surface area (Å²) in [6.45, 7) is 5.36. The lowest BCUT2D eigenvalue weighted by atomic mass is 10.00. The van der Waals surface area contributed by atoms with Crippen LogP contribution in [-0.4, -0.2) is 23.8 Å². The van der Waals surface area contributed by atoms with Crippen LogP contribution in [0.25, 0.3) is 0 Å². The highest BCUT2D eigenvalue weighted by molar-refractivity contribution is 5.80. The molecular formula is C16H23NO. The standard InChI is InChI=1S/C16H23NO/c1-2-16(18)12-14-8-4-5-9-15(14)13-17-10-6-3-7-11-17/h4-5,8-9H,2-3,6-7,10-13H2,1H3. The smallest absolute Gasteiger partial charge is 0.137 e. The van der Waals surface area contributed by atoms with Gasteiger partial charge in [-0.2, -0.15) is 0 Å². The third-order valence-corrected chi connectivity index (χ3v) is 3.74. The van der Waals surface area contributed by atoms with Crippen molar-refractivity contribution in [3.05, 3.63) is 35.4 Å². The molecule has 18 heavy (non-hydrogen) atoms. The molecule has 1 saturated heterocycles. The van der Waals surface area contributed by atoms with E-state index in [-0.39, 0.29) is 0 Å². The summed E-state index contributed by atoms with van der Waals surface area (Å²) in [6.07, 6.45) is 5.23. The molecule has 1 aliphatic heterocycles. The van der Waals surface area contributed by atoms with Gasteiger partial charge in [0.05, 0.1) is 0 Å². The van der Waals surface area contributed by atoms with Crippen LogP contribution in [0.1, 0.15) is 43.7 Å². The molecule has 98 valence electrons. The minimum absolute atomic E-state index is 0.334. The van der Waals surface area contributed by atoms with Crippen molar-refractivity contribution in [2.75, 3.05) is 13.1 Å². The number of carbonyl (C=O) groups is 1. The Morgan fingerprint density at radius 3 is 2.44 bits per heavy atom. The summed E-state index contributed by atoms with van der Waals surface area (Å²) in [6, 6.07) is 8.40. The van der Waals surface area contributed by atoms with Gasteiger partial charge in [-0.3, -0.25) is 9.69 Å². The topological polar surface area (TPSA) is 20.3 Å². The maximum Gasteiger partial charge on any atom is 0.137 e. The average molecular weight is 245 g/mol. The molecule has 0 bridgehead atoms. The molecule has 0 aromatic heterocycles. The molecule has 2 heteroatoms. The van der Waals surface area contributed by atoms with Crippen LogP contribution in [0.3, 0.4) is 0 Å². The predicted molar refractivity (Wildman–Crippen MR) is 74.6 cm³/mol. The summed E-state index contributed by atoms with van der Waals surface area (Å²) in [7, 11) is 0. The fourth-order valence-corrected chi connectivity index (χ4v) is 2.58. The number of piperidine rings is 1. The first-order valence-electron chi connectivity index (χ1n) is 7.10. The van der Waals surface area contributed by atoms with Gasteiger partial charge >= 0.3 is 0 Å². The Bertz CT molecular complexity index is 394. The lowest BCUT2D eigenvalue weighted by Crippen LogP contribution is -2.29. The molecule has 1 aliphatic rings. The van der Waals surface area contributed by atoms with Gasteiger partial charge in [-0.25, -0.2) is 0 Å². The van der Waals surface area contributed by atoms with Crippen molar-refractivity contribution in [3.63, 3.8) is 0 Å². The van der Waals surface area contributed by atoms with Gasteiger partial charge in [0.25, 0.3) is 0 Å². The van der Waals surface area contributed by atoms with Crippen LogP contribution < -0.4 is 0 Å². The van der Waals surface area contributed by atoms with Gasteiger partial charge in [0.2, 0.25) is 0 Å². The summed E-state index contributed by atoms with van der Waals surface area (Å²) in [5.74, 6) is 0.334. The molecule has 2 nitrogen and oxygen atoms in total. The molecule has 1 fully saturated rings. The summed E-state index contributed by atoms with van der Waals surface area (Å²) >= 11 is 0. The van der Waals surface area contributed by atoms with Gasteiger partial charge in [0.15, 0.2) is 0 Å². The molecule has 2 rings (SSSR count). The maximum absolute atomic E-state index is 11.6. The Morgan fingerprint density at radius 1 is 1.11 bits per heavy atom. The second kappa shape index (κ2) is 6.69. The molecule has 1 aromatic carbocycles. The third kappa shape index (κ3) is 3.67. The highest BCUT2D eigenvalue weighted by Gasteiger charge is 2.13. The van der Waals surface area contributed by atoms with Gasteiger partial charge in [0.1, 0.15) is 5.78 Å². The first-order chi connectivity index (χ1) is 8.79. The van der Waals surface area contributed by atoms with Crippen LogP contribution in [0.2, 0.25) is 0 Å². The van der Waals surface area contributed by atoms with E-state index < -0.39 is 0 Å². The molecule has 0 spiro atoms. The predicted octanol–water partition coefficient (Wildman–Crippen LogP) is 3.19. The summed E-state index contributed by atoms with van der Waals surface area (Å²) in [5, 5.41) is 0. The Kier molecular flexibility index (Phi) is 4.94. The largest absolute Gasteiger partial charge is 0.299 e. The molecular weight excluding hydrogens is 222 g/mol. The highest BCUT2D eigenvalue weighted by Crippen LogP contribution is 2.17. The second-order valence-electron chi connectivity index (χ2n) is 5.17. The molecule has 0 radical (unpaired) electrons. The van der Waals surface area contributed by atoms with Crippen LogP contribution in [0.4, 0.5) is 0 Å². The van der Waals surface area contributed by atoms with Crippen molar-refractivity contribution in [1.82, 2.24) is 4.90 Å². The average Bonchev–Trinajstić information content (AvgIpc) is 2.42. The minimum atomic E-state index is 0.334. The normalized spacial score (nSPS) is 16.7. The van der Waals surface area contributed by atoms with E-state index in [9.17, 15) is 4.79 Å². The Hall–Kier alpha value is -1.15. The molecule has 0 aliphatic carbocycles.